The SMILES string of the molecule is CC(CO)CNC(=O)CC1CS(=O)(=O)CCN1. The zero-order valence-corrected chi connectivity index (χ0v) is 10.8. The van der Waals surface area contributed by atoms with Crippen molar-refractivity contribution in [2.75, 3.05) is 31.2 Å². The highest BCUT2D eigenvalue weighted by Gasteiger charge is 2.25. The van der Waals surface area contributed by atoms with Crippen molar-refractivity contribution in [2.45, 2.75) is 19.4 Å². The summed E-state index contributed by atoms with van der Waals surface area (Å²) in [5.74, 6) is 0.00438. The van der Waals surface area contributed by atoms with Gasteiger partial charge in [0, 0.05) is 32.2 Å². The Morgan fingerprint density at radius 3 is 2.88 bits per heavy atom. The Labute approximate surface area is 102 Å². The van der Waals surface area contributed by atoms with E-state index in [1.807, 2.05) is 6.92 Å². The van der Waals surface area contributed by atoms with Crippen molar-refractivity contribution in [2.24, 2.45) is 5.92 Å². The molecule has 2 unspecified atom stereocenters. The maximum atomic E-state index is 11.5. The summed E-state index contributed by atoms with van der Waals surface area (Å²) in [7, 11) is -3.00. The van der Waals surface area contributed by atoms with Gasteiger partial charge in [-0.3, -0.25) is 4.79 Å². The monoisotopic (exact) mass is 264 g/mol. The first kappa shape index (κ1) is 14.4. The number of sulfone groups is 1. The van der Waals surface area contributed by atoms with Crippen LogP contribution in [0.4, 0.5) is 0 Å². The third-order valence-corrected chi connectivity index (χ3v) is 4.43. The fourth-order valence-corrected chi connectivity index (χ4v) is 3.09. The van der Waals surface area contributed by atoms with Gasteiger partial charge in [-0.1, -0.05) is 6.92 Å². The normalized spacial score (nSPS) is 25.2. The molecule has 0 aromatic heterocycles. The molecule has 1 saturated heterocycles. The van der Waals surface area contributed by atoms with Gasteiger partial charge in [0.1, 0.15) is 0 Å². The van der Waals surface area contributed by atoms with Gasteiger partial charge in [0.2, 0.25) is 5.91 Å². The molecule has 7 heteroatoms. The van der Waals surface area contributed by atoms with Crippen LogP contribution in [0.15, 0.2) is 0 Å². The maximum Gasteiger partial charge on any atom is 0.221 e. The second-order valence-electron chi connectivity index (χ2n) is 4.56. The summed E-state index contributed by atoms with van der Waals surface area (Å²) in [6, 6.07) is -0.293. The molecule has 100 valence electrons. The average Bonchev–Trinajstić information content (AvgIpc) is 2.24. The molecule has 0 aliphatic carbocycles. The summed E-state index contributed by atoms with van der Waals surface area (Å²) in [6.45, 7) is 2.67. The van der Waals surface area contributed by atoms with Gasteiger partial charge in [-0.2, -0.15) is 0 Å². The Morgan fingerprint density at radius 2 is 2.29 bits per heavy atom. The molecule has 1 fully saturated rings. The van der Waals surface area contributed by atoms with Crippen molar-refractivity contribution in [1.82, 2.24) is 10.6 Å². The summed E-state index contributed by atoms with van der Waals surface area (Å²) >= 11 is 0. The largest absolute Gasteiger partial charge is 0.396 e. The number of rotatable bonds is 5. The number of hydrogen-bond acceptors (Lipinski definition) is 5. The highest BCUT2D eigenvalue weighted by molar-refractivity contribution is 7.91. The van der Waals surface area contributed by atoms with E-state index in [1.165, 1.54) is 0 Å². The standard InChI is InChI=1S/C10H20N2O4S/c1-8(6-13)5-12-10(14)4-9-7-17(15,16)3-2-11-9/h8-9,11,13H,2-7H2,1H3,(H,12,14). The predicted octanol–water partition coefficient (Wildman–Crippen LogP) is -1.49. The highest BCUT2D eigenvalue weighted by atomic mass is 32.2. The first-order valence-corrected chi connectivity index (χ1v) is 7.56. The van der Waals surface area contributed by atoms with Gasteiger partial charge in [-0.15, -0.1) is 0 Å². The van der Waals surface area contributed by atoms with Crippen LogP contribution in [-0.4, -0.2) is 56.7 Å². The molecule has 1 heterocycles. The Kier molecular flexibility index (Phi) is 5.35. The summed E-state index contributed by atoms with van der Waals surface area (Å²) in [5, 5.41) is 14.5. The molecule has 0 aromatic carbocycles. The lowest BCUT2D eigenvalue weighted by Gasteiger charge is -2.23. The van der Waals surface area contributed by atoms with Gasteiger partial charge in [0.25, 0.3) is 0 Å². The molecule has 1 rings (SSSR count). The van der Waals surface area contributed by atoms with Crippen LogP contribution in [0.3, 0.4) is 0 Å². The van der Waals surface area contributed by atoms with Crippen LogP contribution >= 0.6 is 0 Å². The van der Waals surface area contributed by atoms with E-state index in [-0.39, 0.29) is 42.4 Å². The fourth-order valence-electron chi connectivity index (χ4n) is 1.65. The molecule has 1 aliphatic heterocycles. The Morgan fingerprint density at radius 1 is 1.59 bits per heavy atom. The van der Waals surface area contributed by atoms with Crippen molar-refractivity contribution in [1.29, 1.82) is 0 Å². The third-order valence-electron chi connectivity index (χ3n) is 2.69. The number of aliphatic hydroxyl groups is 1. The zero-order valence-electron chi connectivity index (χ0n) is 9.98. The van der Waals surface area contributed by atoms with Gasteiger partial charge in [-0.25, -0.2) is 8.42 Å². The van der Waals surface area contributed by atoms with E-state index in [0.29, 0.717) is 13.1 Å². The lowest BCUT2D eigenvalue weighted by molar-refractivity contribution is -0.121. The van der Waals surface area contributed by atoms with Crippen molar-refractivity contribution in [3.63, 3.8) is 0 Å². The molecule has 0 saturated carbocycles. The minimum absolute atomic E-state index is 0.0157. The molecule has 0 aromatic rings. The number of carbonyl (C=O) groups excluding carboxylic acids is 1. The highest BCUT2D eigenvalue weighted by Crippen LogP contribution is 2.04. The minimum atomic E-state index is -3.00. The number of nitrogens with one attached hydrogen (secondary N) is 2. The van der Waals surface area contributed by atoms with E-state index in [9.17, 15) is 13.2 Å². The van der Waals surface area contributed by atoms with Crippen molar-refractivity contribution in [3.05, 3.63) is 0 Å². The van der Waals surface area contributed by atoms with E-state index in [2.05, 4.69) is 10.6 Å². The van der Waals surface area contributed by atoms with Crippen LogP contribution in [0.1, 0.15) is 13.3 Å². The molecule has 6 nitrogen and oxygen atoms in total. The van der Waals surface area contributed by atoms with Crippen LogP contribution in [-0.2, 0) is 14.6 Å². The number of amides is 1. The van der Waals surface area contributed by atoms with Crippen LogP contribution in [0, 0.1) is 5.92 Å². The lowest BCUT2D eigenvalue weighted by atomic mass is 10.2. The smallest absolute Gasteiger partial charge is 0.221 e. The molecule has 17 heavy (non-hydrogen) atoms. The van der Waals surface area contributed by atoms with Crippen molar-refractivity contribution < 1.29 is 18.3 Å². The van der Waals surface area contributed by atoms with Crippen LogP contribution in [0.5, 0.6) is 0 Å². The van der Waals surface area contributed by atoms with Crippen LogP contribution < -0.4 is 10.6 Å². The van der Waals surface area contributed by atoms with Crippen molar-refractivity contribution >= 4 is 15.7 Å². The number of hydrogen-bond donors (Lipinski definition) is 3. The first-order valence-electron chi connectivity index (χ1n) is 5.74. The Bertz CT molecular complexity index is 355. The minimum Gasteiger partial charge on any atom is -0.396 e. The molecule has 0 spiro atoms. The van der Waals surface area contributed by atoms with Gasteiger partial charge in [-0.05, 0) is 5.92 Å². The molecule has 1 aliphatic rings. The van der Waals surface area contributed by atoms with Crippen LogP contribution in [0.25, 0.3) is 0 Å². The number of carbonyl (C=O) groups is 1. The van der Waals surface area contributed by atoms with Gasteiger partial charge < -0.3 is 15.7 Å². The Hall–Kier alpha value is -0.660. The molecule has 2 atom stereocenters. The summed E-state index contributed by atoms with van der Waals surface area (Å²) in [4.78, 5) is 11.5. The van der Waals surface area contributed by atoms with E-state index in [0.717, 1.165) is 0 Å². The summed E-state index contributed by atoms with van der Waals surface area (Å²) in [5.41, 5.74) is 0. The van der Waals surface area contributed by atoms with Crippen LogP contribution in [0.2, 0.25) is 0 Å². The lowest BCUT2D eigenvalue weighted by Crippen LogP contribution is -2.47. The van der Waals surface area contributed by atoms with Gasteiger partial charge >= 0.3 is 0 Å². The third kappa shape index (κ3) is 5.47. The maximum absolute atomic E-state index is 11.5. The zero-order chi connectivity index (χ0) is 12.9. The Balaban J connectivity index is 2.31. The molecule has 3 N–H and O–H groups in total. The fraction of sp³-hybridized carbons (Fsp3) is 0.900. The van der Waals surface area contributed by atoms with Gasteiger partial charge in [0.05, 0.1) is 11.5 Å². The summed E-state index contributed by atoms with van der Waals surface area (Å²) in [6.07, 6.45) is 0.164. The van der Waals surface area contributed by atoms with E-state index in [4.69, 9.17) is 5.11 Å². The predicted molar refractivity (Wildman–Crippen MR) is 64.3 cm³/mol. The molecular weight excluding hydrogens is 244 g/mol. The van der Waals surface area contributed by atoms with Gasteiger partial charge in [0.15, 0.2) is 9.84 Å². The molecule has 0 radical (unpaired) electrons. The molecular formula is C10H20N2O4S. The second-order valence-corrected chi connectivity index (χ2v) is 6.79. The molecule has 1 amide bonds. The topological polar surface area (TPSA) is 95.5 Å². The summed E-state index contributed by atoms with van der Waals surface area (Å²) < 4.78 is 22.7. The van der Waals surface area contributed by atoms with E-state index in [1.54, 1.807) is 0 Å². The van der Waals surface area contributed by atoms with E-state index < -0.39 is 9.84 Å². The number of aliphatic hydroxyl groups excluding tert-OH is 1. The van der Waals surface area contributed by atoms with E-state index >= 15 is 0 Å². The van der Waals surface area contributed by atoms with Crippen molar-refractivity contribution in [3.8, 4) is 0 Å². The average molecular weight is 264 g/mol. The first-order chi connectivity index (χ1) is 7.93. The quantitative estimate of drug-likeness (QED) is 0.562. The molecule has 0 bridgehead atoms. The second kappa shape index (κ2) is 6.32.